The molecule has 0 saturated heterocycles. The van der Waals surface area contributed by atoms with Gasteiger partial charge in [-0.25, -0.2) is 14.5 Å². The summed E-state index contributed by atoms with van der Waals surface area (Å²) in [6, 6.07) is 39.0. The fraction of sp³-hybridized carbons (Fsp3) is 0.175. The van der Waals surface area contributed by atoms with E-state index in [1.54, 1.807) is 15.3 Å². The molecule has 3 heterocycles. The summed E-state index contributed by atoms with van der Waals surface area (Å²) in [5.41, 5.74) is 5.54. The van der Waals surface area contributed by atoms with E-state index in [2.05, 4.69) is 87.7 Å². The van der Waals surface area contributed by atoms with Crippen molar-refractivity contribution in [2.24, 2.45) is 0 Å². The smallest absolute Gasteiger partial charge is 0.297 e. The van der Waals surface area contributed by atoms with Gasteiger partial charge in [-0.05, 0) is 48.6 Å². The first-order chi connectivity index (χ1) is 23.9. The van der Waals surface area contributed by atoms with Gasteiger partial charge in [0, 0.05) is 31.3 Å². The van der Waals surface area contributed by atoms with Crippen LogP contribution < -0.4 is 10.9 Å². The quantitative estimate of drug-likeness (QED) is 0.171. The summed E-state index contributed by atoms with van der Waals surface area (Å²) >= 11 is 0. The maximum atomic E-state index is 14.0. The third-order valence-electron chi connectivity index (χ3n) is 8.87. The molecule has 0 aliphatic rings. The largest absolute Gasteiger partial charge is 0.356 e. The van der Waals surface area contributed by atoms with Crippen molar-refractivity contribution in [2.45, 2.75) is 38.8 Å². The molecular formula is C40H37N7O2. The average Bonchev–Trinajstić information content (AvgIpc) is 3.78. The zero-order chi connectivity index (χ0) is 34.0. The van der Waals surface area contributed by atoms with Crippen LogP contribution in [0.2, 0.25) is 0 Å². The molecular weight excluding hydrogens is 610 g/mol. The Bertz CT molecular complexity index is 2190. The topological polar surface area (TPSA) is 99.1 Å². The molecule has 9 heteroatoms. The number of aromatic nitrogens is 6. The highest BCUT2D eigenvalue weighted by molar-refractivity contribution is 5.72. The molecule has 7 aromatic rings. The number of rotatable bonds is 10. The fourth-order valence-electron chi connectivity index (χ4n) is 6.66. The van der Waals surface area contributed by atoms with Gasteiger partial charge in [-0.2, -0.15) is 0 Å². The summed E-state index contributed by atoms with van der Waals surface area (Å²) < 4.78 is 5.43. The number of amides is 1. The molecule has 1 N–H and O–H groups in total. The highest BCUT2D eigenvalue weighted by Crippen LogP contribution is 2.41. The van der Waals surface area contributed by atoms with E-state index in [0.717, 1.165) is 27.8 Å². The van der Waals surface area contributed by atoms with Crippen molar-refractivity contribution < 1.29 is 4.79 Å². The van der Waals surface area contributed by atoms with Gasteiger partial charge in [-0.1, -0.05) is 109 Å². The molecule has 4 aromatic carbocycles. The molecule has 0 aliphatic heterocycles. The third-order valence-corrected chi connectivity index (χ3v) is 8.87. The van der Waals surface area contributed by atoms with Gasteiger partial charge in [0.15, 0.2) is 5.82 Å². The number of nitrogens with one attached hydrogen (secondary N) is 1. The van der Waals surface area contributed by atoms with Gasteiger partial charge in [0.1, 0.15) is 16.9 Å². The summed E-state index contributed by atoms with van der Waals surface area (Å²) in [6.45, 7) is 5.96. The molecule has 244 valence electrons. The first-order valence-corrected chi connectivity index (χ1v) is 16.4. The second-order valence-electron chi connectivity index (χ2n) is 12.4. The maximum absolute atomic E-state index is 14.0. The number of benzene rings is 4. The minimum atomic E-state index is -0.740. The van der Waals surface area contributed by atoms with Crippen molar-refractivity contribution in [3.05, 3.63) is 167 Å². The lowest BCUT2D eigenvalue weighted by molar-refractivity contribution is -0.118. The molecule has 3 aromatic heterocycles. The van der Waals surface area contributed by atoms with E-state index in [9.17, 15) is 9.59 Å². The molecule has 0 saturated carbocycles. The van der Waals surface area contributed by atoms with Crippen LogP contribution in [0.3, 0.4) is 0 Å². The number of hydrogen-bond acceptors (Lipinski definition) is 5. The van der Waals surface area contributed by atoms with Crippen molar-refractivity contribution in [3.63, 3.8) is 0 Å². The van der Waals surface area contributed by atoms with E-state index in [4.69, 9.17) is 10.1 Å². The zero-order valence-corrected chi connectivity index (χ0v) is 27.7. The fourth-order valence-corrected chi connectivity index (χ4v) is 6.66. The van der Waals surface area contributed by atoms with Crippen LogP contribution in [-0.2, 0) is 16.8 Å². The van der Waals surface area contributed by atoms with E-state index < -0.39 is 5.54 Å². The van der Waals surface area contributed by atoms with Gasteiger partial charge in [-0.3, -0.25) is 14.2 Å². The SMILES string of the molecule is CC(=O)NCCc1cccc(-c2nn3c(-c4cn(C(c5ccccc5)(c5ccccc5)c5ccccc5)cn4)cnc3c(=O)n2C(C)C)c1. The van der Waals surface area contributed by atoms with E-state index in [1.165, 1.54) is 6.92 Å². The zero-order valence-electron chi connectivity index (χ0n) is 27.7. The Kier molecular flexibility index (Phi) is 8.48. The Morgan fingerprint density at radius 1 is 0.816 bits per heavy atom. The molecule has 9 nitrogen and oxygen atoms in total. The van der Waals surface area contributed by atoms with Crippen molar-refractivity contribution in [1.82, 2.24) is 34.0 Å². The number of fused-ring (bicyclic) bond motifs is 1. The average molecular weight is 648 g/mol. The van der Waals surface area contributed by atoms with Gasteiger partial charge < -0.3 is 9.88 Å². The Morgan fingerprint density at radius 3 is 2.00 bits per heavy atom. The van der Waals surface area contributed by atoms with Gasteiger partial charge in [0.25, 0.3) is 5.56 Å². The van der Waals surface area contributed by atoms with Crippen LogP contribution in [0.25, 0.3) is 28.4 Å². The molecule has 0 fully saturated rings. The van der Waals surface area contributed by atoms with Crippen LogP contribution in [0.4, 0.5) is 0 Å². The molecule has 0 radical (unpaired) electrons. The monoisotopic (exact) mass is 647 g/mol. The van der Waals surface area contributed by atoms with Crippen molar-refractivity contribution >= 4 is 11.6 Å². The molecule has 0 spiro atoms. The molecule has 0 aliphatic carbocycles. The van der Waals surface area contributed by atoms with Crippen LogP contribution in [0.1, 0.15) is 49.1 Å². The molecule has 1 amide bonds. The summed E-state index contributed by atoms with van der Waals surface area (Å²) in [5, 5.41) is 7.91. The van der Waals surface area contributed by atoms with Crippen molar-refractivity contribution in [3.8, 4) is 22.8 Å². The van der Waals surface area contributed by atoms with Gasteiger partial charge >= 0.3 is 0 Å². The summed E-state index contributed by atoms with van der Waals surface area (Å²) in [5.74, 6) is 0.459. The van der Waals surface area contributed by atoms with Crippen LogP contribution in [0.5, 0.6) is 0 Å². The summed E-state index contributed by atoms with van der Waals surface area (Å²) in [6.07, 6.45) is 6.18. The first kappa shape index (κ1) is 31.5. The Morgan fingerprint density at radius 2 is 1.43 bits per heavy atom. The predicted molar refractivity (Wildman–Crippen MR) is 191 cm³/mol. The van der Waals surface area contributed by atoms with E-state index >= 15 is 0 Å². The molecule has 0 bridgehead atoms. The maximum Gasteiger partial charge on any atom is 0.297 e. The minimum Gasteiger partial charge on any atom is -0.356 e. The normalized spacial score (nSPS) is 11.7. The van der Waals surface area contributed by atoms with Gasteiger partial charge in [-0.15, -0.1) is 5.10 Å². The number of hydrogen-bond donors (Lipinski definition) is 1. The van der Waals surface area contributed by atoms with E-state index in [1.807, 2.05) is 68.8 Å². The van der Waals surface area contributed by atoms with E-state index in [0.29, 0.717) is 30.2 Å². The molecule has 7 rings (SSSR count). The Hall–Kier alpha value is -6.09. The van der Waals surface area contributed by atoms with Crippen LogP contribution >= 0.6 is 0 Å². The first-order valence-electron chi connectivity index (χ1n) is 16.4. The number of imidazole rings is 2. The van der Waals surface area contributed by atoms with Crippen molar-refractivity contribution in [1.29, 1.82) is 0 Å². The Balaban J connectivity index is 1.40. The molecule has 0 unspecified atom stereocenters. The lowest BCUT2D eigenvalue weighted by atomic mass is 9.77. The third kappa shape index (κ3) is 5.73. The summed E-state index contributed by atoms with van der Waals surface area (Å²) in [4.78, 5) is 34.9. The second kappa shape index (κ2) is 13.2. The van der Waals surface area contributed by atoms with Crippen LogP contribution in [-0.4, -0.2) is 41.2 Å². The summed E-state index contributed by atoms with van der Waals surface area (Å²) in [7, 11) is 0. The van der Waals surface area contributed by atoms with Crippen LogP contribution in [0.15, 0.2) is 139 Å². The van der Waals surface area contributed by atoms with E-state index in [-0.39, 0.29) is 23.2 Å². The highest BCUT2D eigenvalue weighted by Gasteiger charge is 2.38. The lowest BCUT2D eigenvalue weighted by Crippen LogP contribution is -2.36. The molecule has 0 atom stereocenters. The van der Waals surface area contributed by atoms with Gasteiger partial charge in [0.2, 0.25) is 11.6 Å². The number of carbonyl (C=O) groups is 1. The second-order valence-corrected chi connectivity index (χ2v) is 12.4. The lowest BCUT2D eigenvalue weighted by Gasteiger charge is -2.37. The number of nitrogens with zero attached hydrogens (tertiary/aromatic N) is 6. The van der Waals surface area contributed by atoms with Crippen LogP contribution in [0, 0.1) is 0 Å². The highest BCUT2D eigenvalue weighted by atomic mass is 16.1. The minimum absolute atomic E-state index is 0.0689. The van der Waals surface area contributed by atoms with Crippen molar-refractivity contribution in [2.75, 3.05) is 6.54 Å². The van der Waals surface area contributed by atoms with Gasteiger partial charge in [0.05, 0.1) is 12.5 Å². The standard InChI is InChI=1S/C40H37N7O2/c1-28(2)46-37(31-15-13-14-30(24-31)22-23-41-29(3)48)44-47-36(25-42-38(47)39(46)49)35-26-45(27-43-35)40(32-16-7-4-8-17-32,33-18-9-5-10-19-33)34-20-11-6-12-21-34/h4-21,24-28H,22-23H2,1-3H3,(H,41,48). The molecule has 49 heavy (non-hydrogen) atoms. The number of carbonyl (C=O) groups excluding carboxylic acids is 1. The predicted octanol–water partition coefficient (Wildman–Crippen LogP) is 6.52. The Labute approximate surface area is 284 Å².